The van der Waals surface area contributed by atoms with E-state index in [1.807, 2.05) is 0 Å². The van der Waals surface area contributed by atoms with Gasteiger partial charge in [0.25, 0.3) is 15.9 Å². The van der Waals surface area contributed by atoms with Gasteiger partial charge in [0.05, 0.1) is 15.5 Å². The smallest absolute Gasteiger partial charge is 0.267 e. The van der Waals surface area contributed by atoms with E-state index in [1.165, 1.54) is 30.7 Å². The predicted octanol–water partition coefficient (Wildman–Crippen LogP) is 3.51. The minimum Gasteiger partial charge on any atom is -0.361 e. The summed E-state index contributed by atoms with van der Waals surface area (Å²) in [5, 5.41) is 3.83. The zero-order valence-electron chi connectivity index (χ0n) is 13.8. The molecule has 0 aliphatic heterocycles. The third-order valence-corrected chi connectivity index (χ3v) is 5.85. The van der Waals surface area contributed by atoms with Crippen LogP contribution in [0, 0.1) is 0 Å². The van der Waals surface area contributed by atoms with Crippen LogP contribution in [-0.2, 0) is 10.0 Å². The van der Waals surface area contributed by atoms with Crippen LogP contribution in [0.15, 0.2) is 72.1 Å². The number of nitrogens with zero attached hydrogens (tertiary/aromatic N) is 2. The summed E-state index contributed by atoms with van der Waals surface area (Å²) in [6.07, 6.45) is 5.75. The van der Waals surface area contributed by atoms with Crippen molar-refractivity contribution < 1.29 is 13.2 Å². The van der Waals surface area contributed by atoms with Gasteiger partial charge < -0.3 is 10.3 Å². The Morgan fingerprint density at radius 3 is 2.78 bits per heavy atom. The first-order valence-corrected chi connectivity index (χ1v) is 9.69. The van der Waals surface area contributed by atoms with Gasteiger partial charge in [-0.15, -0.1) is 0 Å². The van der Waals surface area contributed by atoms with E-state index in [4.69, 9.17) is 11.6 Å². The van der Waals surface area contributed by atoms with E-state index < -0.39 is 15.9 Å². The Balaban J connectivity index is 1.60. The van der Waals surface area contributed by atoms with Gasteiger partial charge in [-0.3, -0.25) is 4.79 Å². The quantitative estimate of drug-likeness (QED) is 0.547. The Morgan fingerprint density at radius 1 is 1.15 bits per heavy atom. The van der Waals surface area contributed by atoms with Gasteiger partial charge in [-0.25, -0.2) is 17.4 Å². The Bertz CT molecular complexity index is 1240. The van der Waals surface area contributed by atoms with Crippen molar-refractivity contribution in [1.82, 2.24) is 13.9 Å². The van der Waals surface area contributed by atoms with Crippen molar-refractivity contribution in [3.63, 3.8) is 0 Å². The molecule has 0 saturated carbocycles. The topological polar surface area (TPSA) is 96.8 Å². The Hall–Kier alpha value is -3.10. The second-order valence-corrected chi connectivity index (χ2v) is 8.06. The van der Waals surface area contributed by atoms with Gasteiger partial charge in [-0.1, -0.05) is 11.6 Å². The van der Waals surface area contributed by atoms with Crippen LogP contribution >= 0.6 is 11.6 Å². The second kappa shape index (κ2) is 6.57. The number of benzene rings is 1. The second-order valence-electron chi connectivity index (χ2n) is 5.78. The number of carbonyl (C=O) groups excluding carboxylic acids is 1. The molecule has 2 N–H and O–H groups in total. The van der Waals surface area contributed by atoms with Crippen LogP contribution in [-0.4, -0.2) is 28.3 Å². The number of anilines is 1. The number of H-pyrrole nitrogens is 1. The fourth-order valence-electron chi connectivity index (χ4n) is 2.61. The summed E-state index contributed by atoms with van der Waals surface area (Å²) in [5.74, 6) is -0.155. The highest BCUT2D eigenvalue weighted by Gasteiger charge is 2.19. The van der Waals surface area contributed by atoms with Crippen LogP contribution in [0.25, 0.3) is 10.9 Å². The lowest BCUT2D eigenvalue weighted by Crippen LogP contribution is -2.14. The van der Waals surface area contributed by atoms with Crippen molar-refractivity contribution >= 4 is 44.3 Å². The van der Waals surface area contributed by atoms with Crippen molar-refractivity contribution in [1.29, 1.82) is 0 Å². The number of carbonyl (C=O) groups is 1. The molecule has 0 saturated heterocycles. The van der Waals surface area contributed by atoms with Crippen molar-refractivity contribution in [2.24, 2.45) is 0 Å². The molecule has 4 rings (SSSR count). The molecule has 0 spiro atoms. The molecule has 0 unspecified atom stereocenters. The van der Waals surface area contributed by atoms with Crippen LogP contribution in [0.5, 0.6) is 0 Å². The SMILES string of the molecule is O=C(Nc1ccc(Cl)cn1)c1ccn(S(=O)(=O)c2ccc3[nH]ccc3c2)c1. The number of pyridine rings is 1. The summed E-state index contributed by atoms with van der Waals surface area (Å²) in [6, 6.07) is 11.2. The number of rotatable bonds is 4. The van der Waals surface area contributed by atoms with Crippen molar-refractivity contribution in [2.75, 3.05) is 5.32 Å². The molecule has 0 atom stereocenters. The highest BCUT2D eigenvalue weighted by Crippen LogP contribution is 2.21. The van der Waals surface area contributed by atoms with Gasteiger partial charge in [-0.2, -0.15) is 0 Å². The van der Waals surface area contributed by atoms with E-state index in [0.717, 1.165) is 14.9 Å². The fourth-order valence-corrected chi connectivity index (χ4v) is 3.96. The molecule has 1 amide bonds. The maximum Gasteiger partial charge on any atom is 0.267 e. The Morgan fingerprint density at radius 2 is 2.00 bits per heavy atom. The number of fused-ring (bicyclic) bond motifs is 1. The summed E-state index contributed by atoms with van der Waals surface area (Å²) >= 11 is 5.76. The minimum atomic E-state index is -3.81. The average molecular weight is 401 g/mol. The molecule has 3 aromatic heterocycles. The summed E-state index contributed by atoms with van der Waals surface area (Å²) in [7, 11) is -3.81. The standard InChI is InChI=1S/C18H13ClN4O3S/c19-14-1-4-17(21-10-14)22-18(24)13-6-8-23(11-13)27(25,26)15-2-3-16-12(9-15)5-7-20-16/h1-11,20H,(H,21,22,24). The van der Waals surface area contributed by atoms with Crippen LogP contribution in [0.3, 0.4) is 0 Å². The highest BCUT2D eigenvalue weighted by molar-refractivity contribution is 7.90. The monoisotopic (exact) mass is 400 g/mol. The Kier molecular flexibility index (Phi) is 4.21. The third-order valence-electron chi connectivity index (χ3n) is 4.00. The van der Waals surface area contributed by atoms with Crippen LogP contribution in [0.2, 0.25) is 5.02 Å². The number of aromatic nitrogens is 3. The van der Waals surface area contributed by atoms with E-state index in [0.29, 0.717) is 10.8 Å². The zero-order chi connectivity index (χ0) is 19.0. The molecule has 27 heavy (non-hydrogen) atoms. The van der Waals surface area contributed by atoms with Crippen LogP contribution < -0.4 is 5.32 Å². The largest absolute Gasteiger partial charge is 0.361 e. The fraction of sp³-hybridized carbons (Fsp3) is 0. The van der Waals surface area contributed by atoms with Crippen LogP contribution in [0.1, 0.15) is 10.4 Å². The molecule has 0 aliphatic rings. The molecular weight excluding hydrogens is 388 g/mol. The number of nitrogens with one attached hydrogen (secondary N) is 2. The average Bonchev–Trinajstić information content (AvgIpc) is 3.32. The normalized spacial score (nSPS) is 11.6. The number of aromatic amines is 1. The third kappa shape index (κ3) is 3.32. The lowest BCUT2D eigenvalue weighted by Gasteiger charge is -2.06. The van der Waals surface area contributed by atoms with Crippen molar-refractivity contribution in [3.05, 3.63) is 77.8 Å². The maximum absolute atomic E-state index is 12.8. The first kappa shape index (κ1) is 17.3. The lowest BCUT2D eigenvalue weighted by molar-refractivity contribution is 0.102. The number of amides is 1. The predicted molar refractivity (Wildman–Crippen MR) is 103 cm³/mol. The molecule has 0 aliphatic carbocycles. The maximum atomic E-state index is 12.8. The van der Waals surface area contributed by atoms with E-state index >= 15 is 0 Å². The van der Waals surface area contributed by atoms with Gasteiger partial charge >= 0.3 is 0 Å². The summed E-state index contributed by atoms with van der Waals surface area (Å²) < 4.78 is 26.7. The molecule has 9 heteroatoms. The zero-order valence-corrected chi connectivity index (χ0v) is 15.3. The molecule has 3 heterocycles. The molecule has 0 fully saturated rings. The molecule has 0 radical (unpaired) electrons. The highest BCUT2D eigenvalue weighted by atomic mass is 35.5. The molecule has 1 aromatic carbocycles. The van der Waals surface area contributed by atoms with Gasteiger partial charge in [0.2, 0.25) is 0 Å². The van der Waals surface area contributed by atoms with E-state index in [1.54, 1.807) is 36.5 Å². The van der Waals surface area contributed by atoms with E-state index in [-0.39, 0.29) is 10.5 Å². The number of hydrogen-bond donors (Lipinski definition) is 2. The number of hydrogen-bond acceptors (Lipinski definition) is 4. The van der Waals surface area contributed by atoms with Crippen molar-refractivity contribution in [2.45, 2.75) is 4.90 Å². The van der Waals surface area contributed by atoms with E-state index in [9.17, 15) is 13.2 Å². The van der Waals surface area contributed by atoms with Crippen molar-refractivity contribution in [3.8, 4) is 0 Å². The first-order valence-electron chi connectivity index (χ1n) is 7.87. The summed E-state index contributed by atoms with van der Waals surface area (Å²) in [6.45, 7) is 0. The molecule has 4 aromatic rings. The Labute approximate surface area is 159 Å². The number of halogens is 1. The van der Waals surface area contributed by atoms with Crippen LogP contribution in [0.4, 0.5) is 5.82 Å². The summed E-state index contributed by atoms with van der Waals surface area (Å²) in [4.78, 5) is 19.4. The molecule has 136 valence electrons. The minimum absolute atomic E-state index is 0.136. The van der Waals surface area contributed by atoms with Gasteiger partial charge in [0.1, 0.15) is 5.82 Å². The van der Waals surface area contributed by atoms with Gasteiger partial charge in [-0.05, 0) is 42.5 Å². The first-order chi connectivity index (χ1) is 12.9. The van der Waals surface area contributed by atoms with E-state index in [2.05, 4.69) is 15.3 Å². The van der Waals surface area contributed by atoms with Gasteiger partial charge in [0.15, 0.2) is 0 Å². The summed E-state index contributed by atoms with van der Waals surface area (Å²) in [5.41, 5.74) is 1.04. The van der Waals surface area contributed by atoms with Gasteiger partial charge in [0, 0.05) is 35.7 Å². The molecular formula is C18H13ClN4O3S. The lowest BCUT2D eigenvalue weighted by atomic mass is 10.2. The molecule has 0 bridgehead atoms. The molecule has 7 nitrogen and oxygen atoms in total.